The molecule has 63 heteroatoms. The van der Waals surface area contributed by atoms with Crippen molar-refractivity contribution in [2.75, 3.05) is 39.6 Å². The van der Waals surface area contributed by atoms with Gasteiger partial charge in [-0.05, 0) is 77.5 Å². The highest BCUT2D eigenvalue weighted by atomic mass is 31.2. The lowest BCUT2D eigenvalue weighted by Crippen LogP contribution is -2.54. The van der Waals surface area contributed by atoms with E-state index in [0.29, 0.717) is 5.56 Å². The fourth-order valence-corrected chi connectivity index (χ4v) is 20.0. The highest BCUT2D eigenvalue weighted by Gasteiger charge is 2.52. The van der Waals surface area contributed by atoms with Gasteiger partial charge in [0.1, 0.15) is 116 Å². The molecule has 5 aliphatic heterocycles. The number of carboxylic acid groups (broad SMARTS) is 1. The van der Waals surface area contributed by atoms with Gasteiger partial charge in [-0.25, -0.2) is 61.5 Å². The summed E-state index contributed by atoms with van der Waals surface area (Å²) < 4.78 is 162. The number of nitrogens with zero attached hydrogens (tertiary/aromatic N) is 5. The first-order chi connectivity index (χ1) is 65.4. The molecule has 17 N–H and O–H groups in total. The molecule has 0 aliphatic carbocycles. The number of benzene rings is 1. The number of hydrogen-bond acceptors (Lipinski definition) is 37. The van der Waals surface area contributed by atoms with Gasteiger partial charge in [-0.3, -0.25) is 132 Å². The van der Waals surface area contributed by atoms with Crippen LogP contribution in [0.1, 0.15) is 145 Å². The number of hydrogen-bond donors (Lipinski definition) is 17. The first-order valence-corrected chi connectivity index (χ1v) is 50.6. The van der Waals surface area contributed by atoms with Crippen molar-refractivity contribution in [3.63, 3.8) is 0 Å². The fraction of sp³-hybridized carbons (Fsp3) is 0.584. The molecule has 5 aliphatic rings. The van der Waals surface area contributed by atoms with Crippen LogP contribution in [-0.2, 0) is 127 Å². The summed E-state index contributed by atoms with van der Waals surface area (Å²) in [5.41, 5.74) is -9.74. The Labute approximate surface area is 788 Å². The van der Waals surface area contributed by atoms with E-state index >= 15 is 0 Å². The minimum atomic E-state index is -5.79. The molecule has 0 saturated carbocycles. The Morgan fingerprint density at radius 1 is 0.436 bits per heavy atom. The highest BCUT2D eigenvalue weighted by molar-refractivity contribution is 7.50. The maximum atomic E-state index is 14.5. The van der Waals surface area contributed by atoms with Gasteiger partial charge in [0.25, 0.3) is 27.8 Å². The van der Waals surface area contributed by atoms with E-state index in [9.17, 15) is 134 Å². The van der Waals surface area contributed by atoms with Gasteiger partial charge in [0.05, 0.1) is 45.6 Å². The lowest BCUT2D eigenvalue weighted by Gasteiger charge is -2.27. The maximum absolute atomic E-state index is 14.5. The second-order valence-corrected chi connectivity index (χ2v) is 41.3. The van der Waals surface area contributed by atoms with E-state index in [0.717, 1.165) is 60.7 Å². The van der Waals surface area contributed by atoms with Crippen molar-refractivity contribution in [1.82, 2.24) is 74.1 Å². The number of carboxylic acids is 1. The molecule has 6 aromatic rings. The summed E-state index contributed by atoms with van der Waals surface area (Å²) in [5, 5.41) is 31.2. The van der Waals surface area contributed by atoms with Crippen LogP contribution < -0.4 is 82.6 Å². The van der Waals surface area contributed by atoms with Gasteiger partial charge in [0.2, 0.25) is 23.6 Å². The number of amides is 4. The molecule has 0 bridgehead atoms. The number of phenolic OH excluding ortho intramolecular Hbond substituents is 1. The lowest BCUT2D eigenvalue weighted by atomic mass is 10.0. The largest absolute Gasteiger partial charge is 0.508 e. The molecule has 0 spiro atoms. The molecule has 140 heavy (non-hydrogen) atoms. The highest BCUT2D eigenvalue weighted by Crippen LogP contribution is 2.56. The van der Waals surface area contributed by atoms with Crippen LogP contribution in [0.3, 0.4) is 0 Å². The predicted molar refractivity (Wildman–Crippen MR) is 472 cm³/mol. The molecule has 24 atom stereocenters. The number of carbonyl (C=O) groups excluding carboxylic acids is 5. The third-order valence-corrected chi connectivity index (χ3v) is 27.6. The van der Waals surface area contributed by atoms with Gasteiger partial charge in [0.15, 0.2) is 0 Å². The predicted octanol–water partition coefficient (Wildman–Crippen LogP) is -1.94. The number of aromatic hydroxyl groups is 1. The van der Waals surface area contributed by atoms with Gasteiger partial charge in [-0.2, -0.15) is 0 Å². The van der Waals surface area contributed by atoms with Crippen molar-refractivity contribution < 1.29 is 155 Å². The molecule has 5 unspecified atom stereocenters. The Morgan fingerprint density at radius 2 is 0.743 bits per heavy atom. The topological polar surface area (TPSA) is 802 Å². The SMILES string of the molecule is CC(=O)NCC(=O)N[C@@H](Cc1ccc(O)cc1)C(=O)O[C@H]1C[C@H](n2cc(C)c(=O)[nH]c2=O)O[C@@H]1COP(=O)(O)O[C@H]1C[C@H](n2cc(C)c(=O)[nH]c2=O)O[C@@H]1COP(=O)(O)O[C@H]1C[C@H](n2cc(C)c(=O)[nH]c2=O)O[C@@H]1COP(=O)(O)O[C@H]1C[C@H](n2cc(C)c(=O)[nH]c2=O)O[C@@H]1COP(=O)(O)O[C@H]1C[C@H](n2cc(C)c(=O)[nH]c2=O)O[C@@H]1COP(=O)(O)N[C@@H](CC(C)C)C(=O)N[C@@H](C)C(=O)N[C@H](C(=O)O)C(C)C. The minimum Gasteiger partial charge on any atom is -0.508 e. The second-order valence-electron chi connectivity index (χ2n) is 34.2. The van der Waals surface area contributed by atoms with Gasteiger partial charge < -0.3 is 84.4 Å². The monoisotopic (exact) mass is 2080 g/mol. The molecule has 5 saturated heterocycles. The number of aliphatic carboxylic acids is 1. The van der Waals surface area contributed by atoms with E-state index in [-0.39, 0.29) is 46.4 Å². The first-order valence-electron chi connectivity index (χ1n) is 43.0. The number of esters is 1. The van der Waals surface area contributed by atoms with E-state index in [4.69, 9.17) is 69.1 Å². The van der Waals surface area contributed by atoms with Crippen molar-refractivity contribution in [1.29, 1.82) is 0 Å². The Kier molecular flexibility index (Phi) is 36.0. The quantitative estimate of drug-likeness (QED) is 0.0146. The summed E-state index contributed by atoms with van der Waals surface area (Å²) in [7, 11) is -28.2. The number of H-pyrrole nitrogens is 5. The van der Waals surface area contributed by atoms with Crippen LogP contribution >= 0.6 is 39.0 Å². The van der Waals surface area contributed by atoms with Gasteiger partial charge >= 0.3 is 79.4 Å². The normalized spacial score (nSPS) is 25.5. The van der Waals surface area contributed by atoms with E-state index in [1.165, 1.54) is 79.7 Å². The van der Waals surface area contributed by atoms with E-state index in [2.05, 4.69) is 41.3 Å². The Hall–Kier alpha value is -10.4. The van der Waals surface area contributed by atoms with Crippen LogP contribution in [0.5, 0.6) is 5.75 Å². The van der Waals surface area contributed by atoms with Crippen LogP contribution in [0, 0.1) is 46.5 Å². The average Bonchev–Trinajstić information content (AvgIpc) is 1.69. The van der Waals surface area contributed by atoms with Gasteiger partial charge in [-0.1, -0.05) is 39.8 Å². The number of phosphoric ester groups is 4. The number of carbonyl (C=O) groups is 6. The molecule has 58 nitrogen and oxygen atoms in total. The molecule has 4 amide bonds. The number of phenols is 1. The third-order valence-electron chi connectivity index (χ3n) is 22.4. The molecule has 5 fully saturated rings. The summed E-state index contributed by atoms with van der Waals surface area (Å²) in [4.78, 5) is 275. The zero-order chi connectivity index (χ0) is 103. The van der Waals surface area contributed by atoms with Crippen LogP contribution in [0.25, 0.3) is 0 Å². The number of ether oxygens (including phenoxy) is 6. The summed E-state index contributed by atoms with van der Waals surface area (Å²) in [6, 6.07) is -0.567. The number of nitrogens with one attached hydrogen (secondary N) is 10. The maximum Gasteiger partial charge on any atom is 0.472 e. The second kappa shape index (κ2) is 45.9. The van der Waals surface area contributed by atoms with Crippen LogP contribution in [0.4, 0.5) is 0 Å². The van der Waals surface area contributed by atoms with Crippen LogP contribution in [-0.4, -0.2) is 243 Å². The zero-order valence-corrected chi connectivity index (χ0v) is 80.8. The number of phosphoric acid groups is 4. The summed E-state index contributed by atoms with van der Waals surface area (Å²) >= 11 is 0. The number of aromatic nitrogens is 10. The molecule has 772 valence electrons. The molecule has 11 rings (SSSR count). The first kappa shape index (κ1) is 110. The van der Waals surface area contributed by atoms with Crippen molar-refractivity contribution in [3.8, 4) is 5.75 Å². The minimum absolute atomic E-state index is 0.00694. The Balaban J connectivity index is 0.802. The van der Waals surface area contributed by atoms with Crippen LogP contribution in [0.2, 0.25) is 0 Å². The molecular weight excluding hydrogens is 1980 g/mol. The molecule has 0 radical (unpaired) electrons. The lowest BCUT2D eigenvalue weighted by molar-refractivity contribution is -0.156. The van der Waals surface area contributed by atoms with Gasteiger partial charge in [-0.15, -0.1) is 0 Å². The molecule has 1 aromatic carbocycles. The molecule has 10 heterocycles. The average molecular weight is 2080 g/mol. The number of rotatable bonds is 45. The van der Waals surface area contributed by atoms with Crippen molar-refractivity contribution in [2.45, 2.75) is 237 Å². The number of aromatic amines is 5. The Bertz CT molecular complexity index is 6510. The van der Waals surface area contributed by atoms with Gasteiger partial charge in [0, 0.05) is 104 Å². The fourth-order valence-electron chi connectivity index (χ4n) is 15.2. The standard InChI is InChI=1S/C77H106N15O43P5/c1-34(2)16-45(70(102)79-41(10)69(101)81-63(35(3)4)71(103)104)87-136(111,112)121-29-53-48(19-59(127-53)89-25-37(6)65(97)83-74(89)107)132-138(115,116)123-31-55-50(21-61(129-55)91-27-39(8)67(99)85-76(91)109)134-140(119,120)125-33-56-51(22-62(130-56)92-28-40(9)68(100)86-77(92)110)135-139(117,118)124-32-54-49(20-60(128-54)90-26-38(7)66(98)84-75(90)108)133-137(113,114)122-30-52-47(18-58(126-52)88-24-36(5)64(96)82-73(88)106)131-72(105)46(80-57(95)23-78-42(11)93)17-43-12-14-44(94)15-13-43/h12-15,24-28,34-35,41,45-56,58-63,94H,16-23,29-33H2,1-11H3,(H,78,93)(H,79,102)(H,80,95)(H,81,101)(H,103,104)(H,113,114)(H,115,116)(H,117,118)(H,119,120)(H,82,96,106)(H,83,97,107)(H,84,98,108)(H,85,99,109)(H,86,100,110)(H2,87,111,112)/t41-,45-,46-,47-,48-,49-,50-,51-,52+,53+,54+,55+,56+,58+,59+,60+,61+,62+,63-/m0/s1. The van der Waals surface area contributed by atoms with Crippen LogP contribution in [0.15, 0.2) is 103 Å². The van der Waals surface area contributed by atoms with Crippen molar-refractivity contribution in [2.24, 2.45) is 11.8 Å². The van der Waals surface area contributed by atoms with Crippen molar-refractivity contribution >= 4 is 74.6 Å². The Morgan fingerprint density at radius 3 is 1.04 bits per heavy atom. The summed E-state index contributed by atoms with van der Waals surface area (Å²) in [5.74, 6) is -7.14. The van der Waals surface area contributed by atoms with Crippen molar-refractivity contribution in [3.05, 3.63) is 193 Å². The molecule has 5 aromatic heterocycles. The smallest absolute Gasteiger partial charge is 0.472 e. The third kappa shape index (κ3) is 29.4. The van der Waals surface area contributed by atoms with E-state index < -0.39 is 331 Å². The number of aryl methyl sites for hydroxylation is 5. The summed E-state index contributed by atoms with van der Waals surface area (Å²) in [6.07, 6.45) is -24.8. The van der Waals surface area contributed by atoms with E-state index in [1.807, 2.05) is 9.97 Å². The zero-order valence-electron chi connectivity index (χ0n) is 76.3. The van der Waals surface area contributed by atoms with E-state index in [1.54, 1.807) is 13.8 Å². The molecular formula is C77H106N15O43P5. The summed E-state index contributed by atoms with van der Waals surface area (Å²) in [6.45, 7) is 8.58.